The molecule has 2 aromatic rings. The summed E-state index contributed by atoms with van der Waals surface area (Å²) in [5, 5.41) is 1.37. The molecular weight excluding hydrogens is 286 g/mol. The Kier molecular flexibility index (Phi) is 3.56. The molecule has 4 rings (SSSR count). The van der Waals surface area contributed by atoms with Crippen molar-refractivity contribution in [1.29, 1.82) is 0 Å². The SMILES string of the molecule is c1nc(N2CCCSCC2)c2c3c(sc2n1)CCCC3. The third-order valence-corrected chi connectivity index (χ3v) is 6.50. The van der Waals surface area contributed by atoms with Gasteiger partial charge in [0.25, 0.3) is 0 Å². The number of thiophene rings is 1. The molecule has 2 aromatic heterocycles. The van der Waals surface area contributed by atoms with Crippen molar-refractivity contribution in [2.75, 3.05) is 29.5 Å². The summed E-state index contributed by atoms with van der Waals surface area (Å²) < 4.78 is 0. The lowest BCUT2D eigenvalue weighted by Crippen LogP contribution is -2.26. The molecule has 0 N–H and O–H groups in total. The molecule has 1 aliphatic heterocycles. The van der Waals surface area contributed by atoms with Crippen LogP contribution < -0.4 is 4.90 Å². The van der Waals surface area contributed by atoms with E-state index in [-0.39, 0.29) is 0 Å². The molecule has 0 atom stereocenters. The predicted octanol–water partition coefficient (Wildman–Crippen LogP) is 3.51. The molecule has 0 radical (unpaired) electrons. The number of hydrogen-bond donors (Lipinski definition) is 0. The van der Waals surface area contributed by atoms with Crippen LogP contribution in [0.1, 0.15) is 29.7 Å². The maximum Gasteiger partial charge on any atom is 0.141 e. The Hall–Kier alpha value is -0.810. The summed E-state index contributed by atoms with van der Waals surface area (Å²) in [4.78, 5) is 14.5. The van der Waals surface area contributed by atoms with Crippen LogP contribution in [0.15, 0.2) is 6.33 Å². The predicted molar refractivity (Wildman–Crippen MR) is 88.2 cm³/mol. The van der Waals surface area contributed by atoms with Crippen LogP contribution in [0.25, 0.3) is 10.2 Å². The molecule has 1 aliphatic carbocycles. The molecule has 20 heavy (non-hydrogen) atoms. The van der Waals surface area contributed by atoms with E-state index in [9.17, 15) is 0 Å². The van der Waals surface area contributed by atoms with E-state index < -0.39 is 0 Å². The molecule has 1 fully saturated rings. The summed E-state index contributed by atoms with van der Waals surface area (Å²) in [7, 11) is 0. The molecule has 3 heterocycles. The number of hydrogen-bond acceptors (Lipinski definition) is 5. The third-order valence-electron chi connectivity index (χ3n) is 4.25. The normalized spacial score (nSPS) is 19.9. The van der Waals surface area contributed by atoms with Crippen molar-refractivity contribution >= 4 is 39.1 Å². The Morgan fingerprint density at radius 3 is 2.95 bits per heavy atom. The lowest BCUT2D eigenvalue weighted by Gasteiger charge is -2.22. The number of nitrogens with zero attached hydrogens (tertiary/aromatic N) is 3. The van der Waals surface area contributed by atoms with Crippen molar-refractivity contribution < 1.29 is 0 Å². The van der Waals surface area contributed by atoms with E-state index in [4.69, 9.17) is 0 Å². The van der Waals surface area contributed by atoms with Gasteiger partial charge in [-0.2, -0.15) is 11.8 Å². The lowest BCUT2D eigenvalue weighted by atomic mass is 9.97. The highest BCUT2D eigenvalue weighted by Gasteiger charge is 2.22. The minimum absolute atomic E-state index is 1.13. The number of anilines is 1. The number of rotatable bonds is 1. The van der Waals surface area contributed by atoms with Gasteiger partial charge < -0.3 is 4.90 Å². The zero-order valence-corrected chi connectivity index (χ0v) is 13.2. The lowest BCUT2D eigenvalue weighted by molar-refractivity contribution is 0.699. The van der Waals surface area contributed by atoms with E-state index in [0.29, 0.717) is 0 Å². The second-order valence-corrected chi connectivity index (χ2v) is 7.85. The molecule has 0 aromatic carbocycles. The molecule has 0 unspecified atom stereocenters. The van der Waals surface area contributed by atoms with E-state index in [2.05, 4.69) is 26.6 Å². The summed E-state index contributed by atoms with van der Waals surface area (Å²) in [5.41, 5.74) is 1.56. The minimum Gasteiger partial charge on any atom is -0.355 e. The van der Waals surface area contributed by atoms with Gasteiger partial charge in [0.05, 0.1) is 5.39 Å². The average molecular weight is 305 g/mol. The monoisotopic (exact) mass is 305 g/mol. The molecule has 5 heteroatoms. The van der Waals surface area contributed by atoms with Gasteiger partial charge in [0, 0.05) is 23.7 Å². The minimum atomic E-state index is 1.13. The van der Waals surface area contributed by atoms with Crippen molar-refractivity contribution in [3.05, 3.63) is 16.8 Å². The smallest absolute Gasteiger partial charge is 0.141 e. The van der Waals surface area contributed by atoms with E-state index >= 15 is 0 Å². The summed E-state index contributed by atoms with van der Waals surface area (Å²) in [6, 6.07) is 0. The van der Waals surface area contributed by atoms with Crippen LogP contribution in [0.2, 0.25) is 0 Å². The molecule has 106 valence electrons. The topological polar surface area (TPSA) is 29.0 Å². The fourth-order valence-electron chi connectivity index (χ4n) is 3.27. The van der Waals surface area contributed by atoms with Crippen LogP contribution >= 0.6 is 23.1 Å². The van der Waals surface area contributed by atoms with Crippen LogP contribution in [0.5, 0.6) is 0 Å². The Morgan fingerprint density at radius 2 is 1.95 bits per heavy atom. The van der Waals surface area contributed by atoms with Gasteiger partial charge in [0.15, 0.2) is 0 Å². The fourth-order valence-corrected chi connectivity index (χ4v) is 5.38. The van der Waals surface area contributed by atoms with Crippen molar-refractivity contribution in [3.63, 3.8) is 0 Å². The van der Waals surface area contributed by atoms with Crippen molar-refractivity contribution in [2.24, 2.45) is 0 Å². The van der Waals surface area contributed by atoms with Gasteiger partial charge in [-0.1, -0.05) is 0 Å². The Bertz CT molecular complexity index is 615. The molecule has 0 bridgehead atoms. The first kappa shape index (κ1) is 12.9. The first-order valence-electron chi connectivity index (χ1n) is 7.51. The summed E-state index contributed by atoms with van der Waals surface area (Å²) >= 11 is 3.97. The molecule has 0 saturated carbocycles. The summed E-state index contributed by atoms with van der Waals surface area (Å²) in [6.07, 6.45) is 8.15. The van der Waals surface area contributed by atoms with Gasteiger partial charge in [0.1, 0.15) is 17.0 Å². The maximum absolute atomic E-state index is 4.66. The molecule has 2 aliphatic rings. The highest BCUT2D eigenvalue weighted by atomic mass is 32.2. The van der Waals surface area contributed by atoms with E-state index in [1.54, 1.807) is 16.8 Å². The van der Waals surface area contributed by atoms with Gasteiger partial charge in [-0.15, -0.1) is 11.3 Å². The highest BCUT2D eigenvalue weighted by molar-refractivity contribution is 7.99. The molecular formula is C15H19N3S2. The van der Waals surface area contributed by atoms with Crippen LogP contribution in [0.4, 0.5) is 5.82 Å². The van der Waals surface area contributed by atoms with Crippen molar-refractivity contribution in [2.45, 2.75) is 32.1 Å². The largest absolute Gasteiger partial charge is 0.355 e. The Morgan fingerprint density at radius 1 is 1.00 bits per heavy atom. The molecule has 3 nitrogen and oxygen atoms in total. The Balaban J connectivity index is 1.83. The van der Waals surface area contributed by atoms with Crippen LogP contribution in [0.3, 0.4) is 0 Å². The van der Waals surface area contributed by atoms with Gasteiger partial charge in [-0.3, -0.25) is 0 Å². The second kappa shape index (κ2) is 5.53. The van der Waals surface area contributed by atoms with Gasteiger partial charge in [0.2, 0.25) is 0 Å². The van der Waals surface area contributed by atoms with E-state index in [1.807, 2.05) is 11.3 Å². The highest BCUT2D eigenvalue weighted by Crippen LogP contribution is 2.39. The van der Waals surface area contributed by atoms with Gasteiger partial charge in [-0.25, -0.2) is 9.97 Å². The summed E-state index contributed by atoms with van der Waals surface area (Å²) in [5.74, 6) is 3.71. The zero-order chi connectivity index (χ0) is 13.4. The number of aromatic nitrogens is 2. The first-order valence-corrected chi connectivity index (χ1v) is 9.48. The third kappa shape index (κ3) is 2.21. The van der Waals surface area contributed by atoms with E-state index in [0.717, 1.165) is 13.1 Å². The number of thioether (sulfide) groups is 1. The second-order valence-electron chi connectivity index (χ2n) is 5.54. The van der Waals surface area contributed by atoms with Gasteiger partial charge >= 0.3 is 0 Å². The quantitative estimate of drug-likeness (QED) is 0.806. The van der Waals surface area contributed by atoms with E-state index in [1.165, 1.54) is 59.6 Å². The Labute approximate surface area is 127 Å². The molecule has 0 amide bonds. The molecule has 0 spiro atoms. The molecule has 1 saturated heterocycles. The number of aryl methyl sites for hydroxylation is 2. The van der Waals surface area contributed by atoms with Gasteiger partial charge in [-0.05, 0) is 43.4 Å². The average Bonchev–Trinajstić information content (AvgIpc) is 2.68. The van der Waals surface area contributed by atoms with Crippen molar-refractivity contribution in [1.82, 2.24) is 9.97 Å². The van der Waals surface area contributed by atoms with Crippen LogP contribution in [0, 0.1) is 0 Å². The maximum atomic E-state index is 4.66. The van der Waals surface area contributed by atoms with Crippen LogP contribution in [-0.4, -0.2) is 34.6 Å². The van der Waals surface area contributed by atoms with Crippen LogP contribution in [-0.2, 0) is 12.8 Å². The fraction of sp³-hybridized carbons (Fsp3) is 0.600. The summed E-state index contributed by atoms with van der Waals surface area (Å²) in [6.45, 7) is 2.27. The zero-order valence-electron chi connectivity index (χ0n) is 11.6. The van der Waals surface area contributed by atoms with Crippen molar-refractivity contribution in [3.8, 4) is 0 Å². The standard InChI is InChI=1S/C15H19N3S2/c1-2-5-12-11(4-1)13-14(16-10-17-15(13)20-12)18-6-3-8-19-9-7-18/h10H,1-9H2. The number of fused-ring (bicyclic) bond motifs is 3. The first-order chi connectivity index (χ1) is 9.93.